The van der Waals surface area contributed by atoms with Crippen LogP contribution in [0.2, 0.25) is 0 Å². The van der Waals surface area contributed by atoms with Gasteiger partial charge in [0.05, 0.1) is 21.2 Å². The van der Waals surface area contributed by atoms with Crippen molar-refractivity contribution < 1.29 is 9.47 Å². The first-order chi connectivity index (χ1) is 9.56. The van der Waals surface area contributed by atoms with Gasteiger partial charge < -0.3 is 14.8 Å². The maximum atomic E-state index is 5.78. The van der Waals surface area contributed by atoms with E-state index in [0.717, 1.165) is 34.4 Å². The van der Waals surface area contributed by atoms with Crippen molar-refractivity contribution in [3.05, 3.63) is 26.6 Å². The molecule has 0 saturated carbocycles. The van der Waals surface area contributed by atoms with Gasteiger partial charge in [0.25, 0.3) is 0 Å². The molecule has 0 bridgehead atoms. The molecule has 112 valence electrons. The van der Waals surface area contributed by atoms with Crippen LogP contribution in [0.15, 0.2) is 21.1 Å². The van der Waals surface area contributed by atoms with Crippen LogP contribution in [0.3, 0.4) is 0 Å². The molecule has 3 nitrogen and oxygen atoms in total. The summed E-state index contributed by atoms with van der Waals surface area (Å²) in [6, 6.07) is 4.20. The molecule has 1 unspecified atom stereocenters. The van der Waals surface area contributed by atoms with Crippen molar-refractivity contribution in [3.63, 3.8) is 0 Å². The summed E-state index contributed by atoms with van der Waals surface area (Å²) in [6.45, 7) is 6.70. The molecule has 1 atom stereocenters. The molecule has 0 spiro atoms. The Morgan fingerprint density at radius 1 is 1.35 bits per heavy atom. The largest absolute Gasteiger partial charge is 0.489 e. The predicted molar refractivity (Wildman–Crippen MR) is 88.3 cm³/mol. The Balaban J connectivity index is 1.91. The minimum atomic E-state index is 0.158. The molecular weight excluding hydrogens is 386 g/mol. The van der Waals surface area contributed by atoms with Gasteiger partial charge in [-0.3, -0.25) is 0 Å². The van der Waals surface area contributed by atoms with Gasteiger partial charge >= 0.3 is 0 Å². The second kappa shape index (κ2) is 7.78. The van der Waals surface area contributed by atoms with Crippen molar-refractivity contribution in [2.45, 2.75) is 45.4 Å². The van der Waals surface area contributed by atoms with E-state index in [0.29, 0.717) is 6.10 Å². The van der Waals surface area contributed by atoms with Gasteiger partial charge in [-0.05, 0) is 76.2 Å². The van der Waals surface area contributed by atoms with E-state index in [2.05, 4.69) is 49.3 Å². The SMILES string of the molecule is CC(C)Oc1c(Br)cc(CNCC2CCCO2)cc1Br. The molecule has 1 aromatic carbocycles. The molecular formula is C15H21Br2NO2. The van der Waals surface area contributed by atoms with Gasteiger partial charge in [-0.2, -0.15) is 0 Å². The lowest BCUT2D eigenvalue weighted by Crippen LogP contribution is -2.25. The summed E-state index contributed by atoms with van der Waals surface area (Å²) in [5.74, 6) is 0.864. The van der Waals surface area contributed by atoms with E-state index in [1.807, 2.05) is 13.8 Å². The third-order valence-electron chi connectivity index (χ3n) is 3.14. The average molecular weight is 407 g/mol. The van der Waals surface area contributed by atoms with Crippen molar-refractivity contribution in [1.29, 1.82) is 0 Å². The first kappa shape index (κ1) is 16.3. The van der Waals surface area contributed by atoms with Gasteiger partial charge in [0.1, 0.15) is 5.75 Å². The van der Waals surface area contributed by atoms with Crippen LogP contribution >= 0.6 is 31.9 Å². The molecule has 0 amide bonds. The molecule has 1 saturated heterocycles. The number of hydrogen-bond acceptors (Lipinski definition) is 3. The van der Waals surface area contributed by atoms with Crippen LogP contribution in [0.4, 0.5) is 0 Å². The van der Waals surface area contributed by atoms with Crippen molar-refractivity contribution in [2.24, 2.45) is 0 Å². The number of hydrogen-bond donors (Lipinski definition) is 1. The molecule has 1 heterocycles. The van der Waals surface area contributed by atoms with Crippen LogP contribution in [-0.4, -0.2) is 25.4 Å². The zero-order valence-corrected chi connectivity index (χ0v) is 15.1. The topological polar surface area (TPSA) is 30.5 Å². The summed E-state index contributed by atoms with van der Waals surface area (Å²) >= 11 is 7.15. The zero-order chi connectivity index (χ0) is 14.5. The Morgan fingerprint density at radius 3 is 2.60 bits per heavy atom. The summed E-state index contributed by atoms with van der Waals surface area (Å²) in [5, 5.41) is 3.45. The Kier molecular flexibility index (Phi) is 6.33. The van der Waals surface area contributed by atoms with Crippen LogP contribution in [0.1, 0.15) is 32.3 Å². The van der Waals surface area contributed by atoms with Crippen LogP contribution in [0.5, 0.6) is 5.75 Å². The molecule has 0 aromatic heterocycles. The fraction of sp³-hybridized carbons (Fsp3) is 0.600. The first-order valence-electron chi connectivity index (χ1n) is 7.03. The van der Waals surface area contributed by atoms with Gasteiger partial charge in [0, 0.05) is 19.7 Å². The molecule has 0 radical (unpaired) electrons. The lowest BCUT2D eigenvalue weighted by Gasteiger charge is -2.15. The second-order valence-electron chi connectivity index (χ2n) is 5.32. The number of nitrogens with one attached hydrogen (secondary N) is 1. The quantitative estimate of drug-likeness (QED) is 0.765. The van der Waals surface area contributed by atoms with E-state index in [9.17, 15) is 0 Å². The number of ether oxygens (including phenoxy) is 2. The predicted octanol–water partition coefficient (Wildman–Crippen LogP) is 4.27. The molecule has 2 rings (SSSR count). The fourth-order valence-electron chi connectivity index (χ4n) is 2.25. The monoisotopic (exact) mass is 405 g/mol. The minimum Gasteiger partial charge on any atom is -0.489 e. The average Bonchev–Trinajstić information content (AvgIpc) is 2.87. The van der Waals surface area contributed by atoms with Gasteiger partial charge in [-0.15, -0.1) is 0 Å². The lowest BCUT2D eigenvalue weighted by atomic mass is 10.2. The summed E-state index contributed by atoms with van der Waals surface area (Å²) in [5.41, 5.74) is 1.22. The second-order valence-corrected chi connectivity index (χ2v) is 7.03. The highest BCUT2D eigenvalue weighted by molar-refractivity contribution is 9.11. The molecule has 0 aliphatic carbocycles. The third kappa shape index (κ3) is 4.72. The Labute approximate surface area is 137 Å². The zero-order valence-electron chi connectivity index (χ0n) is 11.9. The molecule has 20 heavy (non-hydrogen) atoms. The first-order valence-corrected chi connectivity index (χ1v) is 8.61. The number of rotatable bonds is 6. The normalized spacial score (nSPS) is 18.8. The Hall–Kier alpha value is -0.100. The van der Waals surface area contributed by atoms with Gasteiger partial charge in [0.2, 0.25) is 0 Å². The van der Waals surface area contributed by atoms with E-state index in [1.165, 1.54) is 18.4 Å². The van der Waals surface area contributed by atoms with Gasteiger partial charge in [-0.25, -0.2) is 0 Å². The summed E-state index contributed by atoms with van der Waals surface area (Å²) < 4.78 is 13.3. The summed E-state index contributed by atoms with van der Waals surface area (Å²) in [4.78, 5) is 0. The molecule has 1 aliphatic rings. The number of benzene rings is 1. The van der Waals surface area contributed by atoms with E-state index in [4.69, 9.17) is 9.47 Å². The van der Waals surface area contributed by atoms with Crippen LogP contribution in [0.25, 0.3) is 0 Å². The minimum absolute atomic E-state index is 0.158. The number of halogens is 2. The van der Waals surface area contributed by atoms with Crippen LogP contribution in [-0.2, 0) is 11.3 Å². The summed E-state index contributed by atoms with van der Waals surface area (Å²) in [7, 11) is 0. The van der Waals surface area contributed by atoms with E-state index < -0.39 is 0 Å². The third-order valence-corrected chi connectivity index (χ3v) is 4.31. The molecule has 1 aromatic rings. The van der Waals surface area contributed by atoms with Crippen LogP contribution < -0.4 is 10.1 Å². The molecule has 5 heteroatoms. The summed E-state index contributed by atoms with van der Waals surface area (Å²) in [6.07, 6.45) is 2.89. The maximum absolute atomic E-state index is 5.78. The van der Waals surface area contributed by atoms with Gasteiger partial charge in [-0.1, -0.05) is 0 Å². The molecule has 1 N–H and O–H groups in total. The lowest BCUT2D eigenvalue weighted by molar-refractivity contribution is 0.110. The Bertz CT molecular complexity index is 422. The van der Waals surface area contributed by atoms with E-state index in [1.54, 1.807) is 0 Å². The highest BCUT2D eigenvalue weighted by atomic mass is 79.9. The fourth-order valence-corrected chi connectivity index (χ4v) is 3.71. The highest BCUT2D eigenvalue weighted by Crippen LogP contribution is 2.35. The van der Waals surface area contributed by atoms with E-state index in [-0.39, 0.29) is 6.10 Å². The van der Waals surface area contributed by atoms with Gasteiger partial charge in [0.15, 0.2) is 0 Å². The van der Waals surface area contributed by atoms with Crippen molar-refractivity contribution >= 4 is 31.9 Å². The van der Waals surface area contributed by atoms with Crippen molar-refractivity contribution in [1.82, 2.24) is 5.32 Å². The Morgan fingerprint density at radius 2 is 2.05 bits per heavy atom. The van der Waals surface area contributed by atoms with E-state index >= 15 is 0 Å². The van der Waals surface area contributed by atoms with Crippen molar-refractivity contribution in [2.75, 3.05) is 13.2 Å². The highest BCUT2D eigenvalue weighted by Gasteiger charge is 2.15. The smallest absolute Gasteiger partial charge is 0.148 e. The molecule has 1 aliphatic heterocycles. The van der Waals surface area contributed by atoms with Crippen molar-refractivity contribution in [3.8, 4) is 5.75 Å². The maximum Gasteiger partial charge on any atom is 0.148 e. The standard InChI is InChI=1S/C15H21Br2NO2/c1-10(2)20-15-13(16)6-11(7-14(15)17)8-18-9-12-4-3-5-19-12/h6-7,10,12,18H,3-5,8-9H2,1-2H3. The molecule has 1 fully saturated rings. The van der Waals surface area contributed by atoms with Crippen LogP contribution in [0, 0.1) is 0 Å².